The van der Waals surface area contributed by atoms with Crippen LogP contribution in [0.1, 0.15) is 12.8 Å². The normalized spacial score (nSPS) is 16.5. The molecule has 2 aromatic heterocycles. The highest BCUT2D eigenvalue weighted by atomic mass is 35.5. The summed E-state index contributed by atoms with van der Waals surface area (Å²) in [6, 6.07) is 8.50. The molecule has 0 aliphatic carbocycles. The van der Waals surface area contributed by atoms with Crippen LogP contribution < -0.4 is 10.9 Å². The smallest absolute Gasteiger partial charge is 0.266 e. The minimum Gasteiger partial charge on any atom is -0.376 e. The van der Waals surface area contributed by atoms with Gasteiger partial charge in [-0.3, -0.25) is 14.7 Å². The van der Waals surface area contributed by atoms with Crippen molar-refractivity contribution in [1.29, 1.82) is 0 Å². The summed E-state index contributed by atoms with van der Waals surface area (Å²) in [7, 11) is 0. The fourth-order valence-electron chi connectivity index (χ4n) is 2.92. The third-order valence-electron chi connectivity index (χ3n) is 4.31. The molecule has 2 N–H and O–H groups in total. The first-order valence-corrected chi connectivity index (χ1v) is 10.2. The number of amides is 1. The second kappa shape index (κ2) is 8.34. The van der Waals surface area contributed by atoms with Gasteiger partial charge in [-0.2, -0.15) is 0 Å². The first kappa shape index (κ1) is 19.0. The molecule has 3 heterocycles. The SMILES string of the molecule is O=C(CSc1nc(-c2ccc(Cl)cc2)nc2cc(=O)[nH]n12)NC[C@@H]1CCCO1. The minimum atomic E-state index is -0.285. The minimum absolute atomic E-state index is 0.0945. The largest absolute Gasteiger partial charge is 0.376 e. The number of fused-ring (bicyclic) bond motifs is 1. The van der Waals surface area contributed by atoms with Crippen LogP contribution in [0.15, 0.2) is 40.3 Å². The average molecular weight is 420 g/mol. The molecule has 1 amide bonds. The zero-order chi connectivity index (χ0) is 19.5. The molecular formula is C18H18ClN5O3S. The summed E-state index contributed by atoms with van der Waals surface area (Å²) in [5.74, 6) is 0.506. The van der Waals surface area contributed by atoms with Crippen LogP contribution in [0.3, 0.4) is 0 Å². The number of aromatic amines is 1. The van der Waals surface area contributed by atoms with Gasteiger partial charge in [0.15, 0.2) is 16.6 Å². The Morgan fingerprint density at radius 2 is 2.18 bits per heavy atom. The average Bonchev–Trinajstić information content (AvgIpc) is 3.33. The van der Waals surface area contributed by atoms with Crippen LogP contribution in [0.2, 0.25) is 5.02 Å². The molecule has 0 unspecified atom stereocenters. The van der Waals surface area contributed by atoms with Crippen LogP contribution in [-0.2, 0) is 9.53 Å². The van der Waals surface area contributed by atoms with E-state index in [1.165, 1.54) is 22.3 Å². The number of rotatable bonds is 6. The van der Waals surface area contributed by atoms with Crippen LogP contribution in [0.4, 0.5) is 0 Å². The monoisotopic (exact) mass is 419 g/mol. The van der Waals surface area contributed by atoms with Crippen molar-refractivity contribution < 1.29 is 9.53 Å². The van der Waals surface area contributed by atoms with Crippen LogP contribution in [0, 0.1) is 0 Å². The molecule has 0 radical (unpaired) electrons. The summed E-state index contributed by atoms with van der Waals surface area (Å²) in [4.78, 5) is 32.9. The molecule has 0 spiro atoms. The van der Waals surface area contributed by atoms with Crippen molar-refractivity contribution in [2.45, 2.75) is 24.1 Å². The van der Waals surface area contributed by atoms with Crippen molar-refractivity contribution in [3.63, 3.8) is 0 Å². The second-order valence-corrected chi connectivity index (χ2v) is 7.76. The molecule has 28 heavy (non-hydrogen) atoms. The van der Waals surface area contributed by atoms with Gasteiger partial charge in [0.2, 0.25) is 5.91 Å². The fourth-order valence-corrected chi connectivity index (χ4v) is 3.83. The summed E-state index contributed by atoms with van der Waals surface area (Å²) >= 11 is 7.17. The number of aromatic nitrogens is 4. The van der Waals surface area contributed by atoms with E-state index in [-0.39, 0.29) is 23.3 Å². The highest BCUT2D eigenvalue weighted by Crippen LogP contribution is 2.22. The van der Waals surface area contributed by atoms with Gasteiger partial charge in [0.25, 0.3) is 5.56 Å². The Labute approximate surface area is 169 Å². The Bertz CT molecular complexity index is 1040. The lowest BCUT2D eigenvalue weighted by Gasteiger charge is -2.11. The zero-order valence-corrected chi connectivity index (χ0v) is 16.4. The summed E-state index contributed by atoms with van der Waals surface area (Å²) < 4.78 is 6.99. The molecule has 1 aromatic carbocycles. The lowest BCUT2D eigenvalue weighted by Crippen LogP contribution is -2.33. The van der Waals surface area contributed by atoms with Crippen LogP contribution in [0.25, 0.3) is 17.0 Å². The lowest BCUT2D eigenvalue weighted by atomic mass is 10.2. The van der Waals surface area contributed by atoms with E-state index in [1.54, 1.807) is 12.1 Å². The maximum absolute atomic E-state index is 12.2. The molecule has 146 valence electrons. The van der Waals surface area contributed by atoms with Crippen LogP contribution >= 0.6 is 23.4 Å². The number of nitrogens with one attached hydrogen (secondary N) is 2. The van der Waals surface area contributed by atoms with Gasteiger partial charge in [-0.25, -0.2) is 14.5 Å². The third kappa shape index (κ3) is 4.37. The molecule has 0 bridgehead atoms. The van der Waals surface area contributed by atoms with E-state index in [9.17, 15) is 9.59 Å². The quantitative estimate of drug-likeness (QED) is 0.593. The van der Waals surface area contributed by atoms with Gasteiger partial charge < -0.3 is 10.1 Å². The molecule has 0 saturated carbocycles. The molecule has 1 atom stereocenters. The van der Waals surface area contributed by atoms with E-state index in [2.05, 4.69) is 20.4 Å². The van der Waals surface area contributed by atoms with Crippen molar-refractivity contribution in [2.75, 3.05) is 18.9 Å². The number of hydrogen-bond donors (Lipinski definition) is 2. The summed E-state index contributed by atoms with van der Waals surface area (Å²) in [6.07, 6.45) is 2.09. The molecule has 3 aromatic rings. The highest BCUT2D eigenvalue weighted by Gasteiger charge is 2.17. The van der Waals surface area contributed by atoms with E-state index in [0.29, 0.717) is 28.2 Å². The van der Waals surface area contributed by atoms with Gasteiger partial charge in [0, 0.05) is 29.8 Å². The van der Waals surface area contributed by atoms with Gasteiger partial charge in [-0.1, -0.05) is 23.4 Å². The molecule has 1 fully saturated rings. The van der Waals surface area contributed by atoms with E-state index >= 15 is 0 Å². The van der Waals surface area contributed by atoms with Crippen molar-refractivity contribution in [3.05, 3.63) is 45.7 Å². The molecular weight excluding hydrogens is 402 g/mol. The van der Waals surface area contributed by atoms with E-state index in [1.807, 2.05) is 12.1 Å². The standard InChI is InChI=1S/C18H18ClN5O3S/c19-12-5-3-11(4-6-12)17-21-14-8-15(25)23-24(14)18(22-17)28-10-16(26)20-9-13-2-1-7-27-13/h3-6,8,13H,1-2,7,9-10H2,(H,20,26)(H,23,25)/t13-/m0/s1. The van der Waals surface area contributed by atoms with E-state index < -0.39 is 0 Å². The fraction of sp³-hybridized carbons (Fsp3) is 0.333. The molecule has 1 saturated heterocycles. The first-order chi connectivity index (χ1) is 13.6. The van der Waals surface area contributed by atoms with Crippen LogP contribution in [0.5, 0.6) is 0 Å². The van der Waals surface area contributed by atoms with Crippen LogP contribution in [-0.4, -0.2) is 50.5 Å². The highest BCUT2D eigenvalue weighted by molar-refractivity contribution is 7.99. The summed E-state index contributed by atoms with van der Waals surface area (Å²) in [6.45, 7) is 1.26. The summed E-state index contributed by atoms with van der Waals surface area (Å²) in [5.41, 5.74) is 0.921. The predicted molar refractivity (Wildman–Crippen MR) is 107 cm³/mol. The number of benzene rings is 1. The van der Waals surface area contributed by atoms with Crippen molar-refractivity contribution >= 4 is 34.9 Å². The molecule has 4 rings (SSSR count). The number of nitrogens with zero attached hydrogens (tertiary/aromatic N) is 3. The number of thioether (sulfide) groups is 1. The third-order valence-corrected chi connectivity index (χ3v) is 5.50. The van der Waals surface area contributed by atoms with E-state index in [0.717, 1.165) is 25.0 Å². The number of ether oxygens (including phenoxy) is 1. The number of carbonyl (C=O) groups is 1. The van der Waals surface area contributed by atoms with Gasteiger partial charge >= 0.3 is 0 Å². The maximum atomic E-state index is 12.2. The van der Waals surface area contributed by atoms with Gasteiger partial charge in [0.05, 0.1) is 11.9 Å². The molecule has 8 nitrogen and oxygen atoms in total. The number of H-pyrrole nitrogens is 1. The van der Waals surface area contributed by atoms with Gasteiger partial charge in [-0.05, 0) is 37.1 Å². The summed E-state index contributed by atoms with van der Waals surface area (Å²) in [5, 5.41) is 6.62. The number of hydrogen-bond acceptors (Lipinski definition) is 6. The van der Waals surface area contributed by atoms with Gasteiger partial charge in [0.1, 0.15) is 0 Å². The Hall–Kier alpha value is -2.36. The molecule has 1 aliphatic rings. The molecule has 10 heteroatoms. The predicted octanol–water partition coefficient (Wildman–Crippen LogP) is 2.13. The van der Waals surface area contributed by atoms with Gasteiger partial charge in [-0.15, -0.1) is 0 Å². The zero-order valence-electron chi connectivity index (χ0n) is 14.9. The second-order valence-electron chi connectivity index (χ2n) is 6.38. The van der Waals surface area contributed by atoms with Crippen molar-refractivity contribution in [2.24, 2.45) is 0 Å². The lowest BCUT2D eigenvalue weighted by molar-refractivity contribution is -0.119. The van der Waals surface area contributed by atoms with E-state index in [4.69, 9.17) is 16.3 Å². The number of halogens is 1. The first-order valence-electron chi connectivity index (χ1n) is 8.85. The van der Waals surface area contributed by atoms with Crippen molar-refractivity contribution in [3.8, 4) is 11.4 Å². The van der Waals surface area contributed by atoms with Crippen molar-refractivity contribution in [1.82, 2.24) is 24.9 Å². The Balaban J connectivity index is 1.52. The number of carbonyl (C=O) groups excluding carboxylic acids is 1. The topological polar surface area (TPSA) is 101 Å². The Kier molecular flexibility index (Phi) is 5.65. The maximum Gasteiger partial charge on any atom is 0.266 e. The Morgan fingerprint density at radius 1 is 1.36 bits per heavy atom. The molecule has 1 aliphatic heterocycles. The Morgan fingerprint density at radius 3 is 2.93 bits per heavy atom.